The summed E-state index contributed by atoms with van der Waals surface area (Å²) in [4.78, 5) is 2.48. The Hall–Kier alpha value is -5.96. The van der Waals surface area contributed by atoms with E-state index in [0.717, 1.165) is 5.69 Å². The number of hydrogen-bond donors (Lipinski definition) is 0. The summed E-state index contributed by atoms with van der Waals surface area (Å²) < 4.78 is 0. The highest BCUT2D eigenvalue weighted by Crippen LogP contribution is 2.50. The van der Waals surface area contributed by atoms with Gasteiger partial charge in [-0.05, 0) is 101 Å². The van der Waals surface area contributed by atoms with Crippen LogP contribution in [0.15, 0.2) is 188 Å². The molecule has 0 aromatic heterocycles. The molecule has 1 nitrogen and oxygen atoms in total. The molecule has 0 atom stereocenters. The van der Waals surface area contributed by atoms with Crippen LogP contribution in [0.4, 0.5) is 17.1 Å². The van der Waals surface area contributed by atoms with E-state index < -0.39 is 8.07 Å². The van der Waals surface area contributed by atoms with E-state index in [0.29, 0.717) is 0 Å². The number of anilines is 3. The van der Waals surface area contributed by atoms with Gasteiger partial charge in [0.1, 0.15) is 0 Å². The van der Waals surface area contributed by atoms with Gasteiger partial charge in [-0.25, -0.2) is 0 Å². The summed E-state index contributed by atoms with van der Waals surface area (Å²) in [6.07, 6.45) is 0. The normalized spacial score (nSPS) is 14.4. The van der Waals surface area contributed by atoms with Crippen molar-refractivity contribution in [3.63, 3.8) is 0 Å². The smallest absolute Gasteiger partial charge is 0.180 e. The van der Waals surface area contributed by atoms with Gasteiger partial charge >= 0.3 is 0 Å². The Labute approximate surface area is 301 Å². The maximum atomic E-state index is 2.50. The van der Waals surface area contributed by atoms with Gasteiger partial charge in [0.05, 0.1) is 0 Å². The first-order valence-corrected chi connectivity index (χ1v) is 19.9. The summed E-state index contributed by atoms with van der Waals surface area (Å²) in [7, 11) is -2.66. The van der Waals surface area contributed by atoms with Gasteiger partial charge < -0.3 is 4.90 Å². The summed E-state index contributed by atoms with van der Waals surface area (Å²) in [5.41, 5.74) is 11.6. The van der Waals surface area contributed by atoms with Gasteiger partial charge in [-0.3, -0.25) is 0 Å². The Morgan fingerprint density at radius 1 is 0.373 bits per heavy atom. The van der Waals surface area contributed by atoms with Gasteiger partial charge in [-0.15, -0.1) is 0 Å². The largest absolute Gasteiger partial charge is 0.310 e. The third-order valence-corrected chi connectivity index (χ3v) is 16.4. The monoisotopic (exact) mass is 667 g/mol. The molecule has 0 saturated heterocycles. The fourth-order valence-electron chi connectivity index (χ4n) is 9.18. The molecule has 0 amide bonds. The quantitative estimate of drug-likeness (QED) is 0.165. The van der Waals surface area contributed by atoms with E-state index in [-0.39, 0.29) is 5.41 Å². The van der Waals surface area contributed by atoms with E-state index in [2.05, 4.69) is 207 Å². The molecule has 0 unspecified atom stereocenters. The van der Waals surface area contributed by atoms with Crippen molar-refractivity contribution in [1.82, 2.24) is 0 Å². The molecule has 8 aromatic carbocycles. The predicted molar refractivity (Wildman–Crippen MR) is 219 cm³/mol. The van der Waals surface area contributed by atoms with Crippen molar-refractivity contribution in [2.24, 2.45) is 0 Å². The summed E-state index contributed by atoms with van der Waals surface area (Å²) in [5.74, 6) is 0. The Balaban J connectivity index is 1.23. The van der Waals surface area contributed by atoms with Crippen LogP contribution >= 0.6 is 0 Å². The van der Waals surface area contributed by atoms with Crippen LogP contribution < -0.4 is 25.6 Å². The Morgan fingerprint density at radius 3 is 1.69 bits per heavy atom. The van der Waals surface area contributed by atoms with Crippen molar-refractivity contribution in [3.05, 3.63) is 199 Å². The lowest BCUT2D eigenvalue weighted by molar-refractivity contribution is 0.660. The van der Waals surface area contributed by atoms with E-state index in [4.69, 9.17) is 0 Å². The molecule has 2 heteroatoms. The summed E-state index contributed by atoms with van der Waals surface area (Å²) in [6.45, 7) is 4.74. The van der Waals surface area contributed by atoms with E-state index in [1.165, 1.54) is 76.3 Å². The fourth-order valence-corrected chi connectivity index (χ4v) is 14.4. The molecule has 0 bridgehead atoms. The lowest BCUT2D eigenvalue weighted by atomic mass is 9.82. The number of rotatable bonds is 5. The standard InChI is InChI=1S/C49H37NSi/c1-49(2)45-24-11-8-21-41(45)42-30-29-38(33-46(42)49)50(37-28-27-34-15-6-7-16-35(34)31-37)36-17-14-20-40(32-36)51(39-18-4-3-5-19-39)47-25-12-9-22-43(47)44-23-10-13-26-48(44)51/h3-33H,1-2H3. The molecular weight excluding hydrogens is 631 g/mol. The first-order valence-electron chi connectivity index (χ1n) is 17.9. The topological polar surface area (TPSA) is 3.24 Å². The predicted octanol–water partition coefficient (Wildman–Crippen LogP) is 9.97. The van der Waals surface area contributed by atoms with Crippen LogP contribution in [0, 0.1) is 0 Å². The van der Waals surface area contributed by atoms with Gasteiger partial charge in [0.15, 0.2) is 8.07 Å². The molecule has 8 aromatic rings. The van der Waals surface area contributed by atoms with Crippen LogP contribution in [0.5, 0.6) is 0 Å². The van der Waals surface area contributed by atoms with Crippen LogP contribution in [-0.4, -0.2) is 8.07 Å². The zero-order chi connectivity index (χ0) is 34.2. The molecule has 242 valence electrons. The molecule has 1 heterocycles. The minimum absolute atomic E-state index is 0.0968. The van der Waals surface area contributed by atoms with Crippen molar-refractivity contribution in [2.75, 3.05) is 4.90 Å². The molecule has 2 aliphatic rings. The van der Waals surface area contributed by atoms with Crippen LogP contribution in [0.1, 0.15) is 25.0 Å². The van der Waals surface area contributed by atoms with Crippen LogP contribution in [0.3, 0.4) is 0 Å². The maximum Gasteiger partial charge on any atom is 0.180 e. The molecule has 1 aliphatic heterocycles. The Kier molecular flexibility index (Phi) is 6.62. The van der Waals surface area contributed by atoms with Crippen molar-refractivity contribution in [1.29, 1.82) is 0 Å². The molecule has 0 radical (unpaired) electrons. The molecule has 10 rings (SSSR count). The lowest BCUT2D eigenvalue weighted by Crippen LogP contribution is -2.72. The van der Waals surface area contributed by atoms with Crippen LogP contribution in [0.2, 0.25) is 0 Å². The van der Waals surface area contributed by atoms with Gasteiger partial charge in [0.25, 0.3) is 0 Å². The maximum absolute atomic E-state index is 2.66. The van der Waals surface area contributed by atoms with Gasteiger partial charge in [-0.1, -0.05) is 166 Å². The van der Waals surface area contributed by atoms with Gasteiger partial charge in [-0.2, -0.15) is 0 Å². The Bertz CT molecular complexity index is 2590. The second kappa shape index (κ2) is 11.3. The summed E-state index contributed by atoms with van der Waals surface area (Å²) >= 11 is 0. The van der Waals surface area contributed by atoms with E-state index in [1.54, 1.807) is 0 Å². The lowest BCUT2D eigenvalue weighted by Gasteiger charge is -2.33. The van der Waals surface area contributed by atoms with E-state index in [9.17, 15) is 0 Å². The van der Waals surface area contributed by atoms with Crippen molar-refractivity contribution in [3.8, 4) is 22.3 Å². The Morgan fingerprint density at radius 2 is 0.922 bits per heavy atom. The minimum atomic E-state index is -2.66. The van der Waals surface area contributed by atoms with Gasteiger partial charge in [0.2, 0.25) is 0 Å². The van der Waals surface area contributed by atoms with Crippen molar-refractivity contribution in [2.45, 2.75) is 19.3 Å². The zero-order valence-corrected chi connectivity index (χ0v) is 29.8. The number of benzene rings is 8. The molecule has 0 fully saturated rings. The van der Waals surface area contributed by atoms with Crippen molar-refractivity contribution < 1.29 is 0 Å². The average molecular weight is 668 g/mol. The molecule has 1 aliphatic carbocycles. The SMILES string of the molecule is CC1(C)c2ccccc2-c2ccc(N(c3cccc([Si]4(c5ccccc5)c5ccccc5-c5ccccc54)c3)c3ccc4ccccc4c3)cc21. The summed E-state index contributed by atoms with van der Waals surface area (Å²) in [5, 5.41) is 8.21. The van der Waals surface area contributed by atoms with Crippen LogP contribution in [0.25, 0.3) is 33.0 Å². The second-order valence-electron chi connectivity index (χ2n) is 14.5. The highest BCUT2D eigenvalue weighted by atomic mass is 28.3. The van der Waals surface area contributed by atoms with Gasteiger partial charge in [0, 0.05) is 22.5 Å². The first-order chi connectivity index (χ1) is 25.0. The second-order valence-corrected chi connectivity index (χ2v) is 18.3. The first kappa shape index (κ1) is 29.9. The fraction of sp³-hybridized carbons (Fsp3) is 0.0612. The third-order valence-electron chi connectivity index (χ3n) is 11.5. The van der Waals surface area contributed by atoms with Crippen molar-refractivity contribution >= 4 is 56.7 Å². The highest BCUT2D eigenvalue weighted by Gasteiger charge is 2.48. The number of nitrogens with zero attached hydrogens (tertiary/aromatic N) is 1. The minimum Gasteiger partial charge on any atom is -0.310 e. The van der Waals surface area contributed by atoms with Crippen LogP contribution in [-0.2, 0) is 5.41 Å². The zero-order valence-electron chi connectivity index (χ0n) is 28.8. The number of hydrogen-bond acceptors (Lipinski definition) is 1. The molecule has 0 spiro atoms. The van der Waals surface area contributed by atoms with E-state index in [1.807, 2.05) is 0 Å². The molecule has 51 heavy (non-hydrogen) atoms. The molecule has 0 saturated carbocycles. The average Bonchev–Trinajstić information content (AvgIpc) is 3.61. The highest BCUT2D eigenvalue weighted by molar-refractivity contribution is 7.22. The third kappa shape index (κ3) is 4.33. The molecular formula is C49H37NSi. The molecule has 0 N–H and O–H groups in total. The summed E-state index contributed by atoms with van der Waals surface area (Å²) in [6, 6.07) is 70.6. The van der Waals surface area contributed by atoms with E-state index >= 15 is 0 Å². The number of fused-ring (bicyclic) bond motifs is 7.